The summed E-state index contributed by atoms with van der Waals surface area (Å²) < 4.78 is 27.3. The average Bonchev–Trinajstić information content (AvgIpc) is 3.23. The van der Waals surface area contributed by atoms with Crippen LogP contribution in [-0.4, -0.2) is 48.4 Å². The van der Waals surface area contributed by atoms with E-state index in [1.165, 1.54) is 0 Å². The third-order valence-electron chi connectivity index (χ3n) is 6.49. The Hall–Kier alpha value is -0.383. The smallest absolute Gasteiger partial charge is 0.192 e. The van der Waals surface area contributed by atoms with Gasteiger partial charge in [0, 0.05) is 12.3 Å². The van der Waals surface area contributed by atoms with E-state index in [4.69, 9.17) is 53.4 Å². The predicted molar refractivity (Wildman–Crippen MR) is 125 cm³/mol. The van der Waals surface area contributed by atoms with Crippen LogP contribution in [-0.2, 0) is 18.6 Å². The van der Waals surface area contributed by atoms with Crippen molar-refractivity contribution >= 4 is 48.8 Å². The molecule has 4 heterocycles. The highest BCUT2D eigenvalue weighted by Gasteiger charge is 2.57. The predicted octanol–water partition coefficient (Wildman–Crippen LogP) is 6.28. The summed E-state index contributed by atoms with van der Waals surface area (Å²) in [7, 11) is -1.97. The summed E-state index contributed by atoms with van der Waals surface area (Å²) in [5.74, 6) is -0.747. The van der Waals surface area contributed by atoms with Gasteiger partial charge < -0.3 is 18.6 Å². The fraction of sp³-hybridized carbons (Fsp3) is 0.667. The largest absolute Gasteiger partial charge is 0.414 e. The van der Waals surface area contributed by atoms with Gasteiger partial charge in [-0.1, -0.05) is 55.6 Å². The minimum Gasteiger partial charge on any atom is -0.414 e. The van der Waals surface area contributed by atoms with Gasteiger partial charge in [-0.25, -0.2) is 4.98 Å². The molecule has 0 amide bonds. The van der Waals surface area contributed by atoms with E-state index in [1.807, 2.05) is 18.2 Å². The summed E-state index contributed by atoms with van der Waals surface area (Å²) >= 11 is 19.2. The number of fused-ring (bicyclic) bond motifs is 2. The molecule has 2 saturated heterocycles. The average molecular weight is 508 g/mol. The Labute approximate surface area is 199 Å². The van der Waals surface area contributed by atoms with Gasteiger partial charge in [0.2, 0.25) is 0 Å². The number of rotatable bonds is 4. The second kappa shape index (κ2) is 7.84. The van der Waals surface area contributed by atoms with E-state index < -0.39 is 20.2 Å². The van der Waals surface area contributed by atoms with E-state index in [1.54, 1.807) is 12.3 Å². The van der Waals surface area contributed by atoms with Crippen LogP contribution in [0.1, 0.15) is 46.4 Å². The Morgan fingerprint density at radius 3 is 2.45 bits per heavy atom. The van der Waals surface area contributed by atoms with Crippen molar-refractivity contribution in [3.8, 4) is 0 Å². The molecule has 4 rings (SSSR count). The minimum absolute atomic E-state index is 0.0900. The highest BCUT2D eigenvalue weighted by atomic mass is 35.5. The highest BCUT2D eigenvalue weighted by molar-refractivity contribution is 6.74. The molecule has 2 aromatic heterocycles. The molecule has 0 unspecified atom stereocenters. The van der Waals surface area contributed by atoms with Gasteiger partial charge in [-0.2, -0.15) is 0 Å². The van der Waals surface area contributed by atoms with E-state index in [0.29, 0.717) is 33.1 Å². The number of pyridine rings is 1. The lowest BCUT2D eigenvalue weighted by Crippen LogP contribution is -2.44. The zero-order chi connectivity index (χ0) is 22.9. The minimum atomic E-state index is -1.97. The summed E-state index contributed by atoms with van der Waals surface area (Å²) in [6.07, 6.45) is 0.207. The van der Waals surface area contributed by atoms with Gasteiger partial charge in [0.25, 0.3) is 0 Å². The van der Waals surface area contributed by atoms with Gasteiger partial charge in [0.05, 0.1) is 22.3 Å². The first-order valence-electron chi connectivity index (χ1n) is 10.4. The Morgan fingerprint density at radius 2 is 1.81 bits per heavy atom. The van der Waals surface area contributed by atoms with Crippen molar-refractivity contribution in [3.05, 3.63) is 33.2 Å². The first-order chi connectivity index (χ1) is 14.2. The van der Waals surface area contributed by atoms with Gasteiger partial charge in [-0.3, -0.25) is 4.40 Å². The quantitative estimate of drug-likeness (QED) is 0.456. The summed E-state index contributed by atoms with van der Waals surface area (Å²) in [5.41, 5.74) is 1.24. The fourth-order valence-electron chi connectivity index (χ4n) is 3.87. The number of halogens is 3. The molecule has 4 atom stereocenters. The molecule has 0 aromatic carbocycles. The molecule has 10 heteroatoms. The fourth-order valence-corrected chi connectivity index (χ4v) is 5.52. The van der Waals surface area contributed by atoms with Crippen molar-refractivity contribution in [2.45, 2.75) is 83.0 Å². The van der Waals surface area contributed by atoms with E-state index in [2.05, 4.69) is 38.8 Å². The van der Waals surface area contributed by atoms with E-state index in [9.17, 15) is 0 Å². The number of hydrogen-bond acceptors (Lipinski definition) is 5. The van der Waals surface area contributed by atoms with Crippen molar-refractivity contribution < 1.29 is 18.6 Å². The van der Waals surface area contributed by atoms with E-state index in [-0.39, 0.29) is 23.4 Å². The topological polar surface area (TPSA) is 54.2 Å². The Bertz CT molecular complexity index is 1000. The maximum Gasteiger partial charge on any atom is 0.192 e. The molecule has 2 fully saturated rings. The van der Waals surface area contributed by atoms with Crippen LogP contribution in [0.4, 0.5) is 0 Å². The van der Waals surface area contributed by atoms with Crippen LogP contribution < -0.4 is 0 Å². The highest BCUT2D eigenvalue weighted by Crippen LogP contribution is 2.48. The molecular weight excluding hydrogens is 479 g/mol. The molecule has 0 bridgehead atoms. The maximum atomic E-state index is 6.66. The molecule has 31 heavy (non-hydrogen) atoms. The third kappa shape index (κ3) is 4.28. The number of ether oxygens (including phenoxy) is 3. The molecular formula is C21H29Cl3N2O4Si. The summed E-state index contributed by atoms with van der Waals surface area (Å²) in [6.45, 7) is 15.3. The van der Waals surface area contributed by atoms with Crippen LogP contribution in [0.3, 0.4) is 0 Å². The van der Waals surface area contributed by atoms with Crippen LogP contribution in [0.2, 0.25) is 33.3 Å². The lowest BCUT2D eigenvalue weighted by atomic mass is 10.1. The summed E-state index contributed by atoms with van der Waals surface area (Å²) in [4.78, 5) is 4.31. The zero-order valence-corrected chi connectivity index (χ0v) is 22.1. The van der Waals surface area contributed by atoms with Gasteiger partial charge in [-0.15, -0.1) is 0 Å². The van der Waals surface area contributed by atoms with Crippen molar-refractivity contribution in [1.82, 2.24) is 9.38 Å². The lowest BCUT2D eigenvalue weighted by molar-refractivity contribution is -0.191. The lowest BCUT2D eigenvalue weighted by Gasteiger charge is -2.37. The summed E-state index contributed by atoms with van der Waals surface area (Å²) in [6, 6.07) is 1.68. The van der Waals surface area contributed by atoms with Crippen LogP contribution in [0.15, 0.2) is 12.3 Å². The van der Waals surface area contributed by atoms with E-state index in [0.717, 1.165) is 0 Å². The number of imidazole rings is 1. The third-order valence-corrected chi connectivity index (χ3v) is 12.0. The second-order valence-corrected chi connectivity index (χ2v) is 16.2. The summed E-state index contributed by atoms with van der Waals surface area (Å²) in [5, 5.41) is 1.19. The monoisotopic (exact) mass is 506 g/mol. The van der Waals surface area contributed by atoms with Crippen molar-refractivity contribution in [1.29, 1.82) is 0 Å². The molecule has 0 aliphatic carbocycles. The maximum absolute atomic E-state index is 6.66. The zero-order valence-electron chi connectivity index (χ0n) is 18.8. The molecule has 2 aliphatic rings. The number of hydrogen-bond donors (Lipinski definition) is 0. The molecule has 2 aliphatic heterocycles. The van der Waals surface area contributed by atoms with Crippen LogP contribution >= 0.6 is 34.8 Å². The van der Waals surface area contributed by atoms with Crippen molar-refractivity contribution in [3.63, 3.8) is 0 Å². The standard InChI is InChI=1S/C21H29Cl3N2O4Si/c1-20(2,3)31(6,7)27-10-12-17-19(30-21(4,5)29-17)18(28-12)16-15(24)11(22)8-14-25-13(23)9-26(14)16/h8-9,12,17-19H,10H2,1-7H3/t12-,17-,18+,19-/m1/s1. The van der Waals surface area contributed by atoms with Crippen LogP contribution in [0, 0.1) is 0 Å². The Morgan fingerprint density at radius 1 is 1.16 bits per heavy atom. The molecule has 0 N–H and O–H groups in total. The van der Waals surface area contributed by atoms with Crippen LogP contribution in [0.25, 0.3) is 5.65 Å². The van der Waals surface area contributed by atoms with Gasteiger partial charge in [0.15, 0.2) is 14.1 Å². The van der Waals surface area contributed by atoms with Gasteiger partial charge in [-0.05, 0) is 32.0 Å². The van der Waals surface area contributed by atoms with Crippen LogP contribution in [0.5, 0.6) is 0 Å². The molecule has 0 spiro atoms. The molecule has 0 saturated carbocycles. The first-order valence-corrected chi connectivity index (χ1v) is 14.4. The number of nitrogens with zero attached hydrogens (tertiary/aromatic N) is 2. The second-order valence-electron chi connectivity index (χ2n) is 10.2. The SMILES string of the molecule is CC1(C)O[C@@H]2[C@H](O1)[C@@H](CO[Si](C)(C)C(C)(C)C)O[C@H]2c1c(Cl)c(Cl)cc2nc(Cl)cn12. The van der Waals surface area contributed by atoms with Crippen molar-refractivity contribution in [2.24, 2.45) is 0 Å². The molecule has 172 valence electrons. The van der Waals surface area contributed by atoms with Crippen molar-refractivity contribution in [2.75, 3.05) is 6.61 Å². The molecule has 0 radical (unpaired) electrons. The van der Waals surface area contributed by atoms with E-state index >= 15 is 0 Å². The normalized spacial score (nSPS) is 28.5. The van der Waals surface area contributed by atoms with Gasteiger partial charge >= 0.3 is 0 Å². The first kappa shape index (κ1) is 23.8. The number of aromatic nitrogens is 2. The van der Waals surface area contributed by atoms with Gasteiger partial charge in [0.1, 0.15) is 35.2 Å². The molecule has 6 nitrogen and oxygen atoms in total. The Kier molecular flexibility index (Phi) is 6.01. The molecule has 2 aromatic rings. The Balaban J connectivity index is 1.70.